The van der Waals surface area contributed by atoms with Gasteiger partial charge in [0.2, 0.25) is 0 Å². The summed E-state index contributed by atoms with van der Waals surface area (Å²) in [6, 6.07) is 0. The van der Waals surface area contributed by atoms with E-state index in [-0.39, 0.29) is 5.92 Å². The molecule has 21 heavy (non-hydrogen) atoms. The number of aryl methyl sites for hydroxylation is 1. The van der Waals surface area contributed by atoms with Gasteiger partial charge in [-0.25, -0.2) is 9.97 Å². The van der Waals surface area contributed by atoms with Crippen LogP contribution >= 0.6 is 0 Å². The lowest BCUT2D eigenvalue weighted by Crippen LogP contribution is -2.16. The monoisotopic (exact) mass is 286 g/mol. The lowest BCUT2D eigenvalue weighted by Gasteiger charge is -2.19. The van der Waals surface area contributed by atoms with Crippen molar-refractivity contribution in [1.82, 2.24) is 14.5 Å². The molecular formula is C15H18N4O2. The molecule has 6 nitrogen and oxygen atoms in total. The van der Waals surface area contributed by atoms with E-state index in [4.69, 9.17) is 10.8 Å². The predicted octanol–water partition coefficient (Wildman–Crippen LogP) is 2.13. The second-order valence-electron chi connectivity index (χ2n) is 5.52. The van der Waals surface area contributed by atoms with E-state index in [1.807, 2.05) is 24.6 Å². The zero-order valence-electron chi connectivity index (χ0n) is 12.1. The highest BCUT2D eigenvalue weighted by Gasteiger charge is 2.25. The largest absolute Gasteiger partial charge is 0.481 e. The van der Waals surface area contributed by atoms with Crippen molar-refractivity contribution >= 4 is 28.4 Å². The number of carboxylic acids is 1. The van der Waals surface area contributed by atoms with Gasteiger partial charge in [0.05, 0.1) is 11.3 Å². The number of rotatable bonds is 2. The van der Waals surface area contributed by atoms with E-state index in [9.17, 15) is 4.79 Å². The van der Waals surface area contributed by atoms with Crippen LogP contribution in [-0.4, -0.2) is 25.6 Å². The standard InChI is InChI=1S/C15H18N4O2/c1-8-11(9-3-5-10(6-4-9)15(20)21)12-13(16)17-7-18-14(12)19(8)2/h3,7,10H,4-6H2,1-2H3,(H,20,21)(H2,16,17,18)/t10-/m0/s1. The molecule has 6 heteroatoms. The van der Waals surface area contributed by atoms with Gasteiger partial charge in [0, 0.05) is 18.3 Å². The maximum atomic E-state index is 11.1. The van der Waals surface area contributed by atoms with Gasteiger partial charge in [0.15, 0.2) is 0 Å². The Bertz CT molecular complexity index is 761. The van der Waals surface area contributed by atoms with E-state index in [1.165, 1.54) is 6.33 Å². The normalized spacial score (nSPS) is 18.8. The fourth-order valence-electron chi connectivity index (χ4n) is 3.07. The van der Waals surface area contributed by atoms with Gasteiger partial charge >= 0.3 is 5.97 Å². The summed E-state index contributed by atoms with van der Waals surface area (Å²) in [5, 5.41) is 9.97. The average Bonchev–Trinajstić information content (AvgIpc) is 2.73. The Balaban J connectivity index is 2.14. The predicted molar refractivity (Wildman–Crippen MR) is 80.6 cm³/mol. The molecule has 0 spiro atoms. The molecule has 0 radical (unpaired) electrons. The second kappa shape index (κ2) is 4.87. The van der Waals surface area contributed by atoms with Crippen LogP contribution < -0.4 is 5.73 Å². The quantitative estimate of drug-likeness (QED) is 0.882. The van der Waals surface area contributed by atoms with Crippen molar-refractivity contribution in [2.24, 2.45) is 13.0 Å². The molecule has 0 saturated carbocycles. The highest BCUT2D eigenvalue weighted by atomic mass is 16.4. The number of nitrogens with zero attached hydrogens (tertiary/aromatic N) is 3. The Kier molecular flexibility index (Phi) is 3.16. The van der Waals surface area contributed by atoms with Crippen LogP contribution in [0.3, 0.4) is 0 Å². The minimum Gasteiger partial charge on any atom is -0.481 e. The average molecular weight is 286 g/mol. The molecule has 1 aliphatic carbocycles. The number of aliphatic carboxylic acids is 1. The van der Waals surface area contributed by atoms with Crippen molar-refractivity contribution < 1.29 is 9.90 Å². The molecule has 1 atom stereocenters. The Morgan fingerprint density at radius 3 is 2.86 bits per heavy atom. The number of hydrogen-bond acceptors (Lipinski definition) is 4. The number of fused-ring (bicyclic) bond motifs is 1. The molecule has 1 aliphatic rings. The Labute approximate surface area is 122 Å². The molecule has 0 aliphatic heterocycles. The summed E-state index contributed by atoms with van der Waals surface area (Å²) in [5.41, 5.74) is 10.1. The van der Waals surface area contributed by atoms with Crippen LogP contribution in [0, 0.1) is 12.8 Å². The topological polar surface area (TPSA) is 94.0 Å². The zero-order chi connectivity index (χ0) is 15.1. The fourth-order valence-corrected chi connectivity index (χ4v) is 3.07. The highest BCUT2D eigenvalue weighted by molar-refractivity contribution is 5.99. The highest BCUT2D eigenvalue weighted by Crippen LogP contribution is 2.38. The molecule has 0 saturated heterocycles. The first-order valence-electron chi connectivity index (χ1n) is 6.98. The summed E-state index contributed by atoms with van der Waals surface area (Å²) >= 11 is 0. The van der Waals surface area contributed by atoms with Crippen molar-refractivity contribution in [2.45, 2.75) is 26.2 Å². The number of carbonyl (C=O) groups is 1. The summed E-state index contributed by atoms with van der Waals surface area (Å²) in [7, 11) is 1.96. The van der Waals surface area contributed by atoms with E-state index < -0.39 is 5.97 Å². The maximum absolute atomic E-state index is 11.1. The maximum Gasteiger partial charge on any atom is 0.306 e. The fraction of sp³-hybridized carbons (Fsp3) is 0.400. The van der Waals surface area contributed by atoms with Crippen LogP contribution in [-0.2, 0) is 11.8 Å². The molecule has 2 heterocycles. The van der Waals surface area contributed by atoms with Crippen LogP contribution in [0.2, 0.25) is 0 Å². The van der Waals surface area contributed by atoms with Gasteiger partial charge in [-0.05, 0) is 31.8 Å². The number of anilines is 1. The van der Waals surface area contributed by atoms with Crippen LogP contribution in [0.25, 0.3) is 16.6 Å². The minimum atomic E-state index is -0.720. The summed E-state index contributed by atoms with van der Waals surface area (Å²) in [4.78, 5) is 19.5. The molecule has 0 aromatic carbocycles. The van der Waals surface area contributed by atoms with Gasteiger partial charge < -0.3 is 15.4 Å². The molecule has 2 aromatic heterocycles. The number of nitrogen functional groups attached to an aromatic ring is 1. The van der Waals surface area contributed by atoms with Crippen LogP contribution in [0.1, 0.15) is 30.5 Å². The zero-order valence-corrected chi connectivity index (χ0v) is 12.1. The summed E-state index contributed by atoms with van der Waals surface area (Å²) in [6.45, 7) is 2.03. The number of hydrogen-bond donors (Lipinski definition) is 2. The SMILES string of the molecule is Cc1c(C2=CC[C@H](C(=O)O)CC2)c2c(N)ncnc2n1C. The summed E-state index contributed by atoms with van der Waals surface area (Å²) < 4.78 is 2.01. The molecule has 0 bridgehead atoms. The van der Waals surface area contributed by atoms with Crippen molar-refractivity contribution in [2.75, 3.05) is 5.73 Å². The molecule has 3 N–H and O–H groups in total. The van der Waals surface area contributed by atoms with Gasteiger partial charge in [0.1, 0.15) is 17.8 Å². The summed E-state index contributed by atoms with van der Waals surface area (Å²) in [6.07, 6.45) is 5.46. The first kappa shape index (κ1) is 13.6. The lowest BCUT2D eigenvalue weighted by atomic mass is 9.86. The Hall–Kier alpha value is -2.37. The third-order valence-corrected chi connectivity index (χ3v) is 4.37. The van der Waals surface area contributed by atoms with E-state index in [1.54, 1.807) is 0 Å². The molecule has 110 valence electrons. The van der Waals surface area contributed by atoms with E-state index >= 15 is 0 Å². The summed E-state index contributed by atoms with van der Waals surface area (Å²) in [5.74, 6) is -0.527. The minimum absolute atomic E-state index is 0.280. The molecule has 0 amide bonds. The van der Waals surface area contributed by atoms with E-state index in [0.717, 1.165) is 34.3 Å². The second-order valence-corrected chi connectivity index (χ2v) is 5.52. The van der Waals surface area contributed by atoms with Crippen LogP contribution in [0.4, 0.5) is 5.82 Å². The molecular weight excluding hydrogens is 268 g/mol. The number of carboxylic acid groups (broad SMARTS) is 1. The smallest absolute Gasteiger partial charge is 0.306 e. The first-order chi connectivity index (χ1) is 10.0. The molecule has 0 unspecified atom stereocenters. The van der Waals surface area contributed by atoms with Gasteiger partial charge in [-0.1, -0.05) is 6.08 Å². The number of allylic oxidation sites excluding steroid dienone is 2. The van der Waals surface area contributed by atoms with E-state index in [0.29, 0.717) is 18.7 Å². The van der Waals surface area contributed by atoms with Crippen LogP contribution in [0.5, 0.6) is 0 Å². The molecule has 3 rings (SSSR count). The number of nitrogens with two attached hydrogens (primary N) is 1. The Morgan fingerprint density at radius 2 is 2.24 bits per heavy atom. The lowest BCUT2D eigenvalue weighted by molar-refractivity contribution is -0.141. The van der Waals surface area contributed by atoms with Crippen molar-refractivity contribution in [1.29, 1.82) is 0 Å². The third-order valence-electron chi connectivity index (χ3n) is 4.37. The van der Waals surface area contributed by atoms with Crippen molar-refractivity contribution in [3.8, 4) is 0 Å². The van der Waals surface area contributed by atoms with Gasteiger partial charge in [-0.3, -0.25) is 4.79 Å². The van der Waals surface area contributed by atoms with Gasteiger partial charge in [-0.15, -0.1) is 0 Å². The van der Waals surface area contributed by atoms with Crippen LogP contribution in [0.15, 0.2) is 12.4 Å². The van der Waals surface area contributed by atoms with Crippen molar-refractivity contribution in [3.63, 3.8) is 0 Å². The Morgan fingerprint density at radius 1 is 1.48 bits per heavy atom. The van der Waals surface area contributed by atoms with Crippen molar-refractivity contribution in [3.05, 3.63) is 23.7 Å². The molecule has 0 fully saturated rings. The number of aromatic nitrogens is 3. The van der Waals surface area contributed by atoms with E-state index in [2.05, 4.69) is 9.97 Å². The first-order valence-corrected chi connectivity index (χ1v) is 6.98. The third kappa shape index (κ3) is 2.07. The van der Waals surface area contributed by atoms with Gasteiger partial charge in [-0.2, -0.15) is 0 Å². The molecule has 2 aromatic rings. The van der Waals surface area contributed by atoms with Gasteiger partial charge in [0.25, 0.3) is 0 Å².